The van der Waals surface area contributed by atoms with Gasteiger partial charge in [-0.25, -0.2) is 9.59 Å². The predicted octanol–water partition coefficient (Wildman–Crippen LogP) is 1.64. The molecule has 0 saturated carbocycles. The molecule has 41 heavy (non-hydrogen) atoms. The number of esters is 2. The smallest absolute Gasteiger partial charge is 0.349 e. The van der Waals surface area contributed by atoms with E-state index in [2.05, 4.69) is 4.90 Å². The van der Waals surface area contributed by atoms with Crippen molar-refractivity contribution >= 4 is 17.9 Å². The van der Waals surface area contributed by atoms with Gasteiger partial charge in [0.1, 0.15) is 5.76 Å². The number of aliphatic carboxylic acids is 1. The van der Waals surface area contributed by atoms with Gasteiger partial charge in [0.05, 0.1) is 24.5 Å². The van der Waals surface area contributed by atoms with Gasteiger partial charge in [-0.1, -0.05) is 36.4 Å². The summed E-state index contributed by atoms with van der Waals surface area (Å²) >= 11 is 0. The first-order valence-electron chi connectivity index (χ1n) is 13.5. The second kappa shape index (κ2) is 9.86. The topological polar surface area (TPSA) is 152 Å². The van der Waals surface area contributed by atoms with Crippen molar-refractivity contribution in [3.8, 4) is 11.5 Å². The maximum absolute atomic E-state index is 13.0. The third-order valence-electron chi connectivity index (χ3n) is 8.98. The van der Waals surface area contributed by atoms with Crippen LogP contribution in [-0.4, -0.2) is 82.7 Å². The highest BCUT2D eigenvalue weighted by Crippen LogP contribution is 2.65. The van der Waals surface area contributed by atoms with Crippen LogP contribution >= 0.6 is 0 Å². The minimum Gasteiger partial charge on any atom is -0.493 e. The number of rotatable bonds is 8. The van der Waals surface area contributed by atoms with E-state index in [4.69, 9.17) is 18.9 Å². The van der Waals surface area contributed by atoms with Crippen molar-refractivity contribution in [2.45, 2.75) is 61.1 Å². The molecule has 2 aliphatic carbocycles. The number of piperidine rings is 1. The van der Waals surface area contributed by atoms with Gasteiger partial charge in [0.25, 0.3) is 0 Å². The second-order valence-corrected chi connectivity index (χ2v) is 11.0. The number of aliphatic hydroxyl groups is 2. The molecule has 6 atom stereocenters. The second-order valence-electron chi connectivity index (χ2n) is 11.0. The van der Waals surface area contributed by atoms with E-state index in [1.807, 2.05) is 19.2 Å². The number of aliphatic hydroxyl groups excluding tert-OH is 1. The van der Waals surface area contributed by atoms with Gasteiger partial charge < -0.3 is 39.2 Å². The lowest BCUT2D eigenvalue weighted by atomic mass is 9.50. The Bertz CT molecular complexity index is 1440. The third-order valence-corrected chi connectivity index (χ3v) is 8.98. The Balaban J connectivity index is 1.22. The van der Waals surface area contributed by atoms with Gasteiger partial charge in [-0.2, -0.15) is 0 Å². The van der Waals surface area contributed by atoms with Gasteiger partial charge in [-0.15, -0.1) is 0 Å². The summed E-state index contributed by atoms with van der Waals surface area (Å²) in [5.74, 6) is -2.40. The molecule has 2 aromatic carbocycles. The Morgan fingerprint density at radius 3 is 2.63 bits per heavy atom. The van der Waals surface area contributed by atoms with Crippen LogP contribution < -0.4 is 9.47 Å². The van der Waals surface area contributed by atoms with Gasteiger partial charge >= 0.3 is 17.9 Å². The molecular formula is C30H31NO10. The number of hydrogen-bond acceptors (Lipinski definition) is 10. The number of hydrogen-bond donors (Lipinski definition) is 3. The van der Waals surface area contributed by atoms with Crippen LogP contribution in [0.3, 0.4) is 0 Å². The number of carboxylic acids is 1. The molecule has 0 aromatic heterocycles. The summed E-state index contributed by atoms with van der Waals surface area (Å²) in [6, 6.07) is 11.5. The number of likely N-dealkylation sites (tertiary alicyclic amines) is 1. The van der Waals surface area contributed by atoms with Crippen LogP contribution in [0.4, 0.5) is 0 Å². The Kier molecular flexibility index (Phi) is 6.55. The molecule has 1 fully saturated rings. The summed E-state index contributed by atoms with van der Waals surface area (Å²) in [6.45, 7) is 0.695. The highest BCUT2D eigenvalue weighted by atomic mass is 16.6. The van der Waals surface area contributed by atoms with E-state index in [0.29, 0.717) is 30.9 Å². The van der Waals surface area contributed by atoms with Gasteiger partial charge in [-0.05, 0) is 44.1 Å². The van der Waals surface area contributed by atoms with Crippen LogP contribution in [0.25, 0.3) is 0 Å². The average Bonchev–Trinajstić information content (AvgIpc) is 3.31. The van der Waals surface area contributed by atoms with Crippen LogP contribution in [0.2, 0.25) is 0 Å². The highest BCUT2D eigenvalue weighted by Gasteiger charge is 2.72. The van der Waals surface area contributed by atoms with Crippen molar-refractivity contribution in [3.05, 3.63) is 71.0 Å². The molecule has 0 amide bonds. The number of nitrogens with zero attached hydrogens (tertiary/aromatic N) is 1. The number of carbonyl (C=O) groups excluding carboxylic acids is 2. The molecule has 216 valence electrons. The van der Waals surface area contributed by atoms with Crippen molar-refractivity contribution in [1.82, 2.24) is 4.90 Å². The standard InChI is InChI=1S/C30H31NO10/c1-31-13-12-29-23-17-8-9-19(38-2)25(23)40-26(29)20(10-11-30(29,37)21(31)14-17)39-22(33)15-18(32)28(36)41-24(27(34)35)16-6-4-3-5-7-16/h3-10,18,21,24,26,32,37H,11-15H2,1-2H3,(H,34,35)/t18-,21-,24-,26+,29+,30-/m0/s1. The monoisotopic (exact) mass is 565 g/mol. The quantitative estimate of drug-likeness (QED) is 0.401. The predicted molar refractivity (Wildman–Crippen MR) is 141 cm³/mol. The van der Waals surface area contributed by atoms with Crippen molar-refractivity contribution in [1.29, 1.82) is 0 Å². The summed E-state index contributed by atoms with van der Waals surface area (Å²) in [7, 11) is 3.53. The van der Waals surface area contributed by atoms with Crippen molar-refractivity contribution < 1.29 is 48.7 Å². The molecule has 1 saturated heterocycles. The Labute approximate surface area is 235 Å². The molecule has 11 heteroatoms. The van der Waals surface area contributed by atoms with E-state index < -0.39 is 53.7 Å². The van der Waals surface area contributed by atoms with Crippen molar-refractivity contribution in [3.63, 3.8) is 0 Å². The molecule has 3 N–H and O–H groups in total. The molecule has 2 heterocycles. The lowest BCUT2D eigenvalue weighted by Crippen LogP contribution is -2.74. The zero-order valence-corrected chi connectivity index (χ0v) is 22.6. The fourth-order valence-electron chi connectivity index (χ4n) is 7.09. The summed E-state index contributed by atoms with van der Waals surface area (Å²) < 4.78 is 22.7. The molecule has 2 aliphatic heterocycles. The third kappa shape index (κ3) is 4.02. The van der Waals surface area contributed by atoms with Crippen LogP contribution in [0, 0.1) is 0 Å². The summed E-state index contributed by atoms with van der Waals surface area (Å²) in [5, 5.41) is 32.2. The zero-order valence-electron chi connectivity index (χ0n) is 22.6. The number of methoxy groups -OCH3 is 1. The Hall–Kier alpha value is -3.93. The normalized spacial score (nSPS) is 28.8. The number of carbonyl (C=O) groups is 3. The van der Waals surface area contributed by atoms with Gasteiger partial charge in [0, 0.05) is 23.6 Å². The maximum atomic E-state index is 13.0. The fraction of sp³-hybridized carbons (Fsp3) is 0.433. The van der Waals surface area contributed by atoms with Crippen LogP contribution in [-0.2, 0) is 35.7 Å². The van der Waals surface area contributed by atoms with Gasteiger partial charge in [-0.3, -0.25) is 4.79 Å². The first-order chi connectivity index (χ1) is 19.6. The lowest BCUT2D eigenvalue weighted by molar-refractivity contribution is -0.175. The molecule has 6 rings (SSSR count). The summed E-state index contributed by atoms with van der Waals surface area (Å²) in [5.41, 5.74) is 0.0614. The zero-order chi connectivity index (χ0) is 29.1. The molecule has 1 spiro atoms. The van der Waals surface area contributed by atoms with Crippen LogP contribution in [0.5, 0.6) is 11.5 Å². The number of likely N-dealkylation sites (N-methyl/N-ethyl adjacent to an activating group) is 1. The van der Waals surface area contributed by atoms with E-state index >= 15 is 0 Å². The highest BCUT2D eigenvalue weighted by molar-refractivity contribution is 5.85. The number of carboxylic acid groups (broad SMARTS) is 1. The molecule has 4 aliphatic rings. The van der Waals surface area contributed by atoms with E-state index in [1.165, 1.54) is 19.2 Å². The van der Waals surface area contributed by atoms with Crippen LogP contribution in [0.1, 0.15) is 42.1 Å². The van der Waals surface area contributed by atoms with Gasteiger partial charge in [0.15, 0.2) is 23.7 Å². The van der Waals surface area contributed by atoms with E-state index in [0.717, 1.165) is 11.1 Å². The van der Waals surface area contributed by atoms with Crippen molar-refractivity contribution in [2.75, 3.05) is 20.7 Å². The first kappa shape index (κ1) is 27.3. The largest absolute Gasteiger partial charge is 0.493 e. The summed E-state index contributed by atoms with van der Waals surface area (Å²) in [6.07, 6.45) is -2.17. The molecule has 0 unspecified atom stereocenters. The SMILES string of the molecule is COc1ccc2c3c1O[C@@H]1C(OC(=O)C[C@H](O)C(=O)O[C@H](C(=O)O)c4ccccc4)=CC[C@]4(O)[C@H](C2)N(C)CC[C@@]314. The van der Waals surface area contributed by atoms with Crippen molar-refractivity contribution in [2.24, 2.45) is 0 Å². The van der Waals surface area contributed by atoms with Crippen LogP contribution in [0.15, 0.2) is 54.3 Å². The first-order valence-corrected chi connectivity index (χ1v) is 13.5. The van der Waals surface area contributed by atoms with E-state index in [1.54, 1.807) is 24.3 Å². The molecule has 11 nitrogen and oxygen atoms in total. The average molecular weight is 566 g/mol. The maximum Gasteiger partial charge on any atom is 0.349 e. The number of ether oxygens (including phenoxy) is 4. The van der Waals surface area contributed by atoms with E-state index in [-0.39, 0.29) is 23.8 Å². The molecule has 2 bridgehead atoms. The Morgan fingerprint density at radius 2 is 1.93 bits per heavy atom. The fourth-order valence-corrected chi connectivity index (χ4v) is 7.09. The number of benzene rings is 2. The molecule has 0 radical (unpaired) electrons. The Morgan fingerprint density at radius 1 is 1.17 bits per heavy atom. The van der Waals surface area contributed by atoms with E-state index in [9.17, 15) is 29.7 Å². The van der Waals surface area contributed by atoms with Gasteiger partial charge in [0.2, 0.25) is 6.10 Å². The molecule has 2 aromatic rings. The molecular weight excluding hydrogens is 534 g/mol. The lowest BCUT2D eigenvalue weighted by Gasteiger charge is -2.61. The minimum absolute atomic E-state index is 0.175. The summed E-state index contributed by atoms with van der Waals surface area (Å²) in [4.78, 5) is 39.3. The minimum atomic E-state index is -1.96.